The maximum absolute atomic E-state index is 13.1. The number of carboxylic acid groups (broad SMARTS) is 1. The van der Waals surface area contributed by atoms with Gasteiger partial charge in [-0.25, -0.2) is 0 Å². The van der Waals surface area contributed by atoms with Crippen LogP contribution in [0, 0.1) is 0 Å². The number of ether oxygens (including phenoxy) is 1. The van der Waals surface area contributed by atoms with Gasteiger partial charge in [0, 0.05) is 35.7 Å². The van der Waals surface area contributed by atoms with E-state index in [0.29, 0.717) is 30.5 Å². The van der Waals surface area contributed by atoms with Gasteiger partial charge < -0.3 is 14.6 Å². The van der Waals surface area contributed by atoms with E-state index in [2.05, 4.69) is 0 Å². The molecule has 1 aliphatic carbocycles. The van der Waals surface area contributed by atoms with Crippen molar-refractivity contribution >= 4 is 23.3 Å². The van der Waals surface area contributed by atoms with Crippen LogP contribution in [0.5, 0.6) is 5.75 Å². The zero-order valence-corrected chi connectivity index (χ0v) is 16.0. The molecule has 6 nitrogen and oxygen atoms in total. The summed E-state index contributed by atoms with van der Waals surface area (Å²) in [6.45, 7) is 0. The molecule has 4 rings (SSSR count). The molecule has 0 radical (unpaired) electrons. The molecule has 0 bridgehead atoms. The van der Waals surface area contributed by atoms with Crippen LogP contribution in [0.25, 0.3) is 0 Å². The minimum Gasteiger partial charge on any atom is -0.545 e. The Kier molecular flexibility index (Phi) is 4.92. The van der Waals surface area contributed by atoms with Crippen molar-refractivity contribution in [3.05, 3.63) is 70.9 Å². The van der Waals surface area contributed by atoms with Gasteiger partial charge in [-0.1, -0.05) is 24.3 Å². The molecule has 0 unspecified atom stereocenters. The predicted molar refractivity (Wildman–Crippen MR) is 104 cm³/mol. The Balaban J connectivity index is 1.78. The number of ketones is 1. The minimum atomic E-state index is -1.27. The predicted octanol–water partition coefficient (Wildman–Crippen LogP) is 2.59. The van der Waals surface area contributed by atoms with Gasteiger partial charge in [-0.15, -0.1) is 0 Å². The number of rotatable bonds is 4. The number of Topliss-reactive ketones (excluding diaryl/α,β-unsaturated/α-hetero) is 1. The first-order valence-electron chi connectivity index (χ1n) is 9.54. The van der Waals surface area contributed by atoms with Gasteiger partial charge in [-0.05, 0) is 48.2 Å². The van der Waals surface area contributed by atoms with Gasteiger partial charge in [0.25, 0.3) is 0 Å². The topological polar surface area (TPSA) is 86.7 Å². The summed E-state index contributed by atoms with van der Waals surface area (Å²) in [4.78, 5) is 38.6. The van der Waals surface area contributed by atoms with Crippen molar-refractivity contribution in [1.29, 1.82) is 0 Å². The van der Waals surface area contributed by atoms with E-state index in [-0.39, 0.29) is 29.6 Å². The summed E-state index contributed by atoms with van der Waals surface area (Å²) < 4.78 is 5.21. The van der Waals surface area contributed by atoms with Crippen LogP contribution in [0.3, 0.4) is 0 Å². The van der Waals surface area contributed by atoms with Gasteiger partial charge in [0.2, 0.25) is 5.91 Å². The maximum atomic E-state index is 13.1. The number of anilines is 1. The molecule has 1 heterocycles. The molecule has 2 aromatic rings. The van der Waals surface area contributed by atoms with Crippen molar-refractivity contribution in [3.63, 3.8) is 0 Å². The lowest BCUT2D eigenvalue weighted by atomic mass is 9.77. The van der Waals surface area contributed by atoms with Crippen LogP contribution >= 0.6 is 0 Å². The summed E-state index contributed by atoms with van der Waals surface area (Å²) in [5, 5.41) is 11.0. The van der Waals surface area contributed by atoms with E-state index in [1.54, 1.807) is 24.1 Å². The molecule has 29 heavy (non-hydrogen) atoms. The molecule has 0 N–H and O–H groups in total. The molecule has 1 atom stereocenters. The highest BCUT2D eigenvalue weighted by molar-refractivity contribution is 6.07. The van der Waals surface area contributed by atoms with E-state index in [1.165, 1.54) is 12.1 Å². The zero-order chi connectivity index (χ0) is 20.5. The molecule has 0 aromatic heterocycles. The van der Waals surface area contributed by atoms with Crippen LogP contribution in [-0.2, 0) is 9.59 Å². The molecular formula is C23H20NO5-. The molecule has 0 saturated heterocycles. The van der Waals surface area contributed by atoms with Gasteiger partial charge in [-0.3, -0.25) is 14.5 Å². The van der Waals surface area contributed by atoms with E-state index in [4.69, 9.17) is 4.74 Å². The molecule has 0 saturated carbocycles. The number of allylic oxidation sites excluding steroid dienone is 2. The summed E-state index contributed by atoms with van der Waals surface area (Å²) in [5.41, 5.74) is 2.93. The van der Waals surface area contributed by atoms with E-state index in [0.717, 1.165) is 17.0 Å². The SMILES string of the molecule is COc1ccc([C@@H]2CC(=O)N(c3ccc(C(=O)[O-])cc3)C3=C2C(=O)CCC3)cc1. The lowest BCUT2D eigenvalue weighted by molar-refractivity contribution is -0.255. The van der Waals surface area contributed by atoms with Gasteiger partial charge >= 0.3 is 0 Å². The second-order valence-corrected chi connectivity index (χ2v) is 7.23. The Labute approximate surface area is 168 Å². The lowest BCUT2D eigenvalue weighted by Gasteiger charge is -2.38. The summed E-state index contributed by atoms with van der Waals surface area (Å²) in [6.07, 6.45) is 1.96. The smallest absolute Gasteiger partial charge is 0.232 e. The first kappa shape index (κ1) is 18.9. The third kappa shape index (κ3) is 3.42. The van der Waals surface area contributed by atoms with E-state index < -0.39 is 5.97 Å². The van der Waals surface area contributed by atoms with Crippen LogP contribution in [0.4, 0.5) is 5.69 Å². The van der Waals surface area contributed by atoms with Crippen molar-refractivity contribution in [3.8, 4) is 5.75 Å². The van der Waals surface area contributed by atoms with Crippen LogP contribution in [0.1, 0.15) is 47.5 Å². The molecule has 6 heteroatoms. The second kappa shape index (κ2) is 7.54. The maximum Gasteiger partial charge on any atom is 0.232 e. The fourth-order valence-corrected chi connectivity index (χ4v) is 4.16. The highest BCUT2D eigenvalue weighted by Gasteiger charge is 2.39. The van der Waals surface area contributed by atoms with Crippen molar-refractivity contribution in [1.82, 2.24) is 0 Å². The Morgan fingerprint density at radius 1 is 1.03 bits per heavy atom. The summed E-state index contributed by atoms with van der Waals surface area (Å²) in [7, 11) is 1.59. The Hall–Kier alpha value is -3.41. The molecule has 1 amide bonds. The third-order valence-electron chi connectivity index (χ3n) is 5.55. The van der Waals surface area contributed by atoms with Gasteiger partial charge in [0.1, 0.15) is 5.75 Å². The standard InChI is InChI=1S/C23H21NO5/c1-29-17-11-7-14(8-12-17)18-13-21(26)24(19-3-2-4-20(25)22(18)19)16-9-5-15(6-10-16)23(27)28/h5-12,18H,2-4,13H2,1H3,(H,27,28)/p-1/t18-/m0/s1. The average molecular weight is 390 g/mol. The zero-order valence-electron chi connectivity index (χ0n) is 16.0. The average Bonchev–Trinajstić information content (AvgIpc) is 2.73. The molecule has 2 aliphatic rings. The quantitative estimate of drug-likeness (QED) is 0.801. The number of carbonyl (C=O) groups excluding carboxylic acids is 3. The van der Waals surface area contributed by atoms with Crippen molar-refractivity contribution < 1.29 is 24.2 Å². The number of benzene rings is 2. The largest absolute Gasteiger partial charge is 0.545 e. The number of hydrogen-bond donors (Lipinski definition) is 0. The highest BCUT2D eigenvalue weighted by atomic mass is 16.5. The molecule has 2 aromatic carbocycles. The van der Waals surface area contributed by atoms with E-state index >= 15 is 0 Å². The number of amides is 1. The van der Waals surface area contributed by atoms with E-state index in [1.807, 2.05) is 24.3 Å². The van der Waals surface area contributed by atoms with Gasteiger partial charge in [-0.2, -0.15) is 0 Å². The normalized spacial score (nSPS) is 19.2. The summed E-state index contributed by atoms with van der Waals surface area (Å²) >= 11 is 0. The first-order chi connectivity index (χ1) is 14.0. The second-order valence-electron chi connectivity index (χ2n) is 7.23. The van der Waals surface area contributed by atoms with Crippen molar-refractivity contribution in [2.75, 3.05) is 12.0 Å². The number of carboxylic acids is 1. The Morgan fingerprint density at radius 2 is 1.72 bits per heavy atom. The fourth-order valence-electron chi connectivity index (χ4n) is 4.16. The van der Waals surface area contributed by atoms with E-state index in [9.17, 15) is 19.5 Å². The summed E-state index contributed by atoms with van der Waals surface area (Å²) in [6, 6.07) is 13.5. The Bertz CT molecular complexity index is 1000. The number of carbonyl (C=O) groups is 3. The fraction of sp³-hybridized carbons (Fsp3) is 0.261. The molecular weight excluding hydrogens is 370 g/mol. The third-order valence-corrected chi connectivity index (χ3v) is 5.55. The van der Waals surface area contributed by atoms with Gasteiger partial charge in [0.05, 0.1) is 13.1 Å². The Morgan fingerprint density at radius 3 is 2.34 bits per heavy atom. The minimum absolute atomic E-state index is 0.0447. The van der Waals surface area contributed by atoms with Crippen molar-refractivity contribution in [2.24, 2.45) is 0 Å². The van der Waals surface area contributed by atoms with Crippen LogP contribution in [0.15, 0.2) is 59.8 Å². The molecule has 148 valence electrons. The van der Waals surface area contributed by atoms with Crippen LogP contribution < -0.4 is 14.7 Å². The number of hydrogen-bond acceptors (Lipinski definition) is 5. The molecule has 1 aliphatic heterocycles. The number of methoxy groups -OCH3 is 1. The van der Waals surface area contributed by atoms with Gasteiger partial charge in [0.15, 0.2) is 5.78 Å². The van der Waals surface area contributed by atoms with Crippen molar-refractivity contribution in [2.45, 2.75) is 31.6 Å². The lowest BCUT2D eigenvalue weighted by Crippen LogP contribution is -2.40. The highest BCUT2D eigenvalue weighted by Crippen LogP contribution is 2.43. The summed E-state index contributed by atoms with van der Waals surface area (Å²) in [5.74, 6) is -0.880. The van der Waals surface area contributed by atoms with Crippen LogP contribution in [0.2, 0.25) is 0 Å². The first-order valence-corrected chi connectivity index (χ1v) is 9.54. The molecule has 0 spiro atoms. The van der Waals surface area contributed by atoms with Crippen LogP contribution in [-0.4, -0.2) is 24.8 Å². The molecule has 0 fully saturated rings. The monoisotopic (exact) mass is 390 g/mol. The number of nitrogens with zero attached hydrogens (tertiary/aromatic N) is 1. The number of aromatic carboxylic acids is 1.